The summed E-state index contributed by atoms with van der Waals surface area (Å²) in [5.74, 6) is -0.340. The van der Waals surface area contributed by atoms with Gasteiger partial charge >= 0.3 is 0 Å². The van der Waals surface area contributed by atoms with Crippen LogP contribution >= 0.6 is 11.6 Å². The molecule has 0 radical (unpaired) electrons. The van der Waals surface area contributed by atoms with Crippen LogP contribution in [0, 0.1) is 12.7 Å². The molecule has 3 rings (SSSR count). The van der Waals surface area contributed by atoms with Gasteiger partial charge in [-0.15, -0.1) is 0 Å². The lowest BCUT2D eigenvalue weighted by atomic mass is 10.1. The summed E-state index contributed by atoms with van der Waals surface area (Å²) in [5, 5.41) is 6.38. The van der Waals surface area contributed by atoms with E-state index in [0.29, 0.717) is 23.6 Å². The second kappa shape index (κ2) is 8.60. The third-order valence-electron chi connectivity index (χ3n) is 3.95. The Morgan fingerprint density at radius 3 is 2.78 bits per heavy atom. The second-order valence-electron chi connectivity index (χ2n) is 5.95. The van der Waals surface area contributed by atoms with E-state index < -0.39 is 0 Å². The van der Waals surface area contributed by atoms with Crippen molar-refractivity contribution in [1.29, 1.82) is 0 Å². The molecule has 0 saturated carbocycles. The van der Waals surface area contributed by atoms with Crippen molar-refractivity contribution in [3.8, 4) is 0 Å². The second-order valence-corrected chi connectivity index (χ2v) is 6.36. The number of aromatic nitrogens is 2. The van der Waals surface area contributed by atoms with Crippen LogP contribution in [-0.2, 0) is 6.42 Å². The van der Waals surface area contributed by atoms with Gasteiger partial charge < -0.3 is 10.6 Å². The Bertz CT molecular complexity index is 964. The Balaban J connectivity index is 1.61. The predicted octanol–water partition coefficient (Wildman–Crippen LogP) is 4.29. The molecule has 5 nitrogen and oxygen atoms in total. The molecule has 0 aliphatic rings. The molecule has 3 aromatic rings. The molecule has 0 fully saturated rings. The van der Waals surface area contributed by atoms with Gasteiger partial charge in [-0.3, -0.25) is 4.79 Å². The maximum absolute atomic E-state index is 13.6. The quantitative estimate of drug-likeness (QED) is 0.665. The van der Waals surface area contributed by atoms with Gasteiger partial charge in [-0.25, -0.2) is 14.4 Å². The van der Waals surface area contributed by atoms with Crippen LogP contribution in [0.15, 0.2) is 54.7 Å². The molecule has 0 spiro atoms. The summed E-state index contributed by atoms with van der Waals surface area (Å²) in [5.41, 5.74) is 2.46. The standard InChI is InChI=1S/C20H18ClFN4O/c1-13-6-7-15(12-16(13)21)25-20-24-11-9-18(26-20)19(27)23-10-8-14-4-2-3-5-17(14)22/h2-7,9,11-12H,8,10H2,1H3,(H,23,27)(H,24,25,26). The average molecular weight is 385 g/mol. The lowest BCUT2D eigenvalue weighted by Crippen LogP contribution is -2.27. The van der Waals surface area contributed by atoms with Crippen LogP contribution < -0.4 is 10.6 Å². The number of nitrogens with one attached hydrogen (secondary N) is 2. The fourth-order valence-corrected chi connectivity index (χ4v) is 2.63. The van der Waals surface area contributed by atoms with Crippen molar-refractivity contribution in [2.75, 3.05) is 11.9 Å². The highest BCUT2D eigenvalue weighted by Crippen LogP contribution is 2.21. The zero-order valence-electron chi connectivity index (χ0n) is 14.7. The monoisotopic (exact) mass is 384 g/mol. The summed E-state index contributed by atoms with van der Waals surface area (Å²) in [4.78, 5) is 20.6. The zero-order valence-corrected chi connectivity index (χ0v) is 15.4. The summed E-state index contributed by atoms with van der Waals surface area (Å²) in [6, 6.07) is 13.5. The number of halogens is 2. The minimum Gasteiger partial charge on any atom is -0.350 e. The smallest absolute Gasteiger partial charge is 0.270 e. The van der Waals surface area contributed by atoms with Gasteiger partial charge in [0.25, 0.3) is 5.91 Å². The summed E-state index contributed by atoms with van der Waals surface area (Å²) in [6.45, 7) is 2.22. The van der Waals surface area contributed by atoms with E-state index >= 15 is 0 Å². The van der Waals surface area contributed by atoms with Gasteiger partial charge in [0, 0.05) is 23.5 Å². The van der Waals surface area contributed by atoms with Gasteiger partial charge in [0.15, 0.2) is 0 Å². The molecule has 0 atom stereocenters. The molecule has 0 aliphatic carbocycles. The van der Waals surface area contributed by atoms with Crippen LogP contribution in [0.4, 0.5) is 16.0 Å². The van der Waals surface area contributed by atoms with Gasteiger partial charge in [0.05, 0.1) is 0 Å². The number of aryl methyl sites for hydroxylation is 1. The molecule has 2 N–H and O–H groups in total. The Hall–Kier alpha value is -2.99. The van der Waals surface area contributed by atoms with Crippen molar-refractivity contribution in [1.82, 2.24) is 15.3 Å². The molecule has 7 heteroatoms. The molecule has 1 aromatic heterocycles. The SMILES string of the molecule is Cc1ccc(Nc2nccc(C(=O)NCCc3ccccc3F)n2)cc1Cl. The Morgan fingerprint density at radius 1 is 1.19 bits per heavy atom. The van der Waals surface area contributed by atoms with Gasteiger partial charge in [-0.2, -0.15) is 0 Å². The molecule has 0 bridgehead atoms. The first kappa shape index (κ1) is 18.8. The highest BCUT2D eigenvalue weighted by Gasteiger charge is 2.10. The number of anilines is 2. The molecule has 27 heavy (non-hydrogen) atoms. The summed E-state index contributed by atoms with van der Waals surface area (Å²) >= 11 is 6.11. The van der Waals surface area contributed by atoms with E-state index in [-0.39, 0.29) is 23.4 Å². The summed E-state index contributed by atoms with van der Waals surface area (Å²) < 4.78 is 13.6. The van der Waals surface area contributed by atoms with Crippen LogP contribution in [-0.4, -0.2) is 22.4 Å². The van der Waals surface area contributed by atoms with E-state index in [2.05, 4.69) is 20.6 Å². The van der Waals surface area contributed by atoms with E-state index in [4.69, 9.17) is 11.6 Å². The highest BCUT2D eigenvalue weighted by atomic mass is 35.5. The van der Waals surface area contributed by atoms with E-state index in [1.165, 1.54) is 18.3 Å². The lowest BCUT2D eigenvalue weighted by molar-refractivity contribution is 0.0949. The van der Waals surface area contributed by atoms with Gasteiger partial charge in [-0.05, 0) is 48.7 Å². The molecular formula is C20H18ClFN4O. The number of nitrogens with zero attached hydrogens (tertiary/aromatic N) is 2. The molecular weight excluding hydrogens is 367 g/mol. The van der Waals surface area contributed by atoms with Gasteiger partial charge in [0.2, 0.25) is 5.95 Å². The first-order valence-electron chi connectivity index (χ1n) is 8.41. The molecule has 0 aliphatic heterocycles. The summed E-state index contributed by atoms with van der Waals surface area (Å²) in [6.07, 6.45) is 1.90. The van der Waals surface area contributed by atoms with Crippen LogP contribution in [0.3, 0.4) is 0 Å². The van der Waals surface area contributed by atoms with Gasteiger partial charge in [-0.1, -0.05) is 35.9 Å². The Labute approximate surface area is 161 Å². The number of hydrogen-bond donors (Lipinski definition) is 2. The maximum atomic E-state index is 13.6. The zero-order chi connectivity index (χ0) is 19.2. The first-order valence-corrected chi connectivity index (χ1v) is 8.78. The number of carbonyl (C=O) groups is 1. The van der Waals surface area contributed by atoms with Gasteiger partial charge in [0.1, 0.15) is 11.5 Å². The number of carbonyl (C=O) groups excluding carboxylic acids is 1. The van der Waals surface area contributed by atoms with E-state index in [0.717, 1.165) is 11.3 Å². The molecule has 0 saturated heterocycles. The van der Waals surface area contributed by atoms with E-state index in [1.807, 2.05) is 19.1 Å². The topological polar surface area (TPSA) is 66.9 Å². The largest absolute Gasteiger partial charge is 0.350 e. The fourth-order valence-electron chi connectivity index (χ4n) is 2.45. The third kappa shape index (κ3) is 5.01. The van der Waals surface area contributed by atoms with Crippen LogP contribution in [0.25, 0.3) is 0 Å². The highest BCUT2D eigenvalue weighted by molar-refractivity contribution is 6.31. The lowest BCUT2D eigenvalue weighted by Gasteiger charge is -2.09. The maximum Gasteiger partial charge on any atom is 0.270 e. The molecule has 0 unspecified atom stereocenters. The third-order valence-corrected chi connectivity index (χ3v) is 4.36. The van der Waals surface area contributed by atoms with E-state index in [9.17, 15) is 9.18 Å². The van der Waals surface area contributed by atoms with Crippen molar-refractivity contribution < 1.29 is 9.18 Å². The summed E-state index contributed by atoms with van der Waals surface area (Å²) in [7, 11) is 0. The first-order chi connectivity index (χ1) is 13.0. The normalized spacial score (nSPS) is 10.5. The molecule has 2 aromatic carbocycles. The predicted molar refractivity (Wildman–Crippen MR) is 104 cm³/mol. The van der Waals surface area contributed by atoms with Crippen molar-refractivity contribution >= 4 is 29.1 Å². The minimum atomic E-state index is -0.348. The van der Waals surface area contributed by atoms with Crippen molar-refractivity contribution in [2.45, 2.75) is 13.3 Å². The van der Waals surface area contributed by atoms with Crippen molar-refractivity contribution in [2.24, 2.45) is 0 Å². The Morgan fingerprint density at radius 2 is 2.00 bits per heavy atom. The molecule has 1 heterocycles. The number of rotatable bonds is 6. The molecule has 1 amide bonds. The Kier molecular flexibility index (Phi) is 5.98. The van der Waals surface area contributed by atoms with Crippen molar-refractivity contribution in [3.05, 3.63) is 82.4 Å². The van der Waals surface area contributed by atoms with Crippen molar-refractivity contribution in [3.63, 3.8) is 0 Å². The molecule has 138 valence electrons. The number of benzene rings is 2. The minimum absolute atomic E-state index is 0.222. The van der Waals surface area contributed by atoms with Crippen LogP contribution in [0.1, 0.15) is 21.6 Å². The van der Waals surface area contributed by atoms with Crippen LogP contribution in [0.2, 0.25) is 5.02 Å². The number of amides is 1. The number of hydrogen-bond acceptors (Lipinski definition) is 4. The average Bonchev–Trinajstić information content (AvgIpc) is 2.66. The van der Waals surface area contributed by atoms with E-state index in [1.54, 1.807) is 24.3 Å². The van der Waals surface area contributed by atoms with Crippen LogP contribution in [0.5, 0.6) is 0 Å². The fraction of sp³-hybridized carbons (Fsp3) is 0.150.